The number of benzene rings is 2. The maximum absolute atomic E-state index is 2.53. The van der Waals surface area contributed by atoms with E-state index < -0.39 is 0 Å². The van der Waals surface area contributed by atoms with Crippen LogP contribution in [0, 0.1) is 6.92 Å². The van der Waals surface area contributed by atoms with Crippen molar-refractivity contribution in [3.63, 3.8) is 0 Å². The average Bonchev–Trinajstić information content (AvgIpc) is 2.81. The smallest absolute Gasteiger partial charge is 0.0489 e. The van der Waals surface area contributed by atoms with Gasteiger partial charge in [-0.15, -0.1) is 12.4 Å². The van der Waals surface area contributed by atoms with Crippen LogP contribution in [0.25, 0.3) is 10.9 Å². The number of hydrogen-bond donors (Lipinski definition) is 0. The Morgan fingerprint density at radius 1 is 1.04 bits per heavy atom. The number of nitrogens with zero attached hydrogens (tertiary/aromatic N) is 2. The predicted molar refractivity (Wildman–Crippen MR) is 99.5 cm³/mol. The minimum Gasteiger partial charge on any atom is -0.340 e. The van der Waals surface area contributed by atoms with Gasteiger partial charge in [0.1, 0.15) is 0 Å². The summed E-state index contributed by atoms with van der Waals surface area (Å²) in [6.07, 6.45) is 1.15. The third kappa shape index (κ3) is 2.89. The summed E-state index contributed by atoms with van der Waals surface area (Å²) in [5.74, 6) is 0. The lowest BCUT2D eigenvalue weighted by Gasteiger charge is -2.24. The van der Waals surface area contributed by atoms with Crippen LogP contribution < -0.4 is 0 Å². The van der Waals surface area contributed by atoms with Gasteiger partial charge in [0.25, 0.3) is 0 Å². The molecule has 0 fully saturated rings. The number of halogens is 1. The number of rotatable bonds is 2. The normalized spacial score (nSPS) is 14.5. The molecular formula is C20H23ClN2. The zero-order valence-electron chi connectivity index (χ0n) is 13.7. The maximum atomic E-state index is 2.53. The van der Waals surface area contributed by atoms with E-state index in [0.29, 0.717) is 0 Å². The first-order valence-electron chi connectivity index (χ1n) is 8.05. The van der Waals surface area contributed by atoms with Gasteiger partial charge in [0, 0.05) is 42.7 Å². The van der Waals surface area contributed by atoms with Crippen molar-refractivity contribution >= 4 is 23.3 Å². The molecule has 2 nitrogen and oxygen atoms in total. The summed E-state index contributed by atoms with van der Waals surface area (Å²) < 4.78 is 2.53. The van der Waals surface area contributed by atoms with Crippen LogP contribution >= 0.6 is 12.4 Å². The first-order chi connectivity index (χ1) is 10.7. The van der Waals surface area contributed by atoms with Crippen LogP contribution in [0.2, 0.25) is 0 Å². The van der Waals surface area contributed by atoms with Gasteiger partial charge in [-0.1, -0.05) is 42.0 Å². The Hall–Kier alpha value is -1.77. The van der Waals surface area contributed by atoms with Gasteiger partial charge < -0.3 is 9.47 Å². The van der Waals surface area contributed by atoms with Crippen LogP contribution in [-0.2, 0) is 19.5 Å². The highest BCUT2D eigenvalue weighted by Crippen LogP contribution is 2.31. The van der Waals surface area contributed by atoms with Crippen molar-refractivity contribution in [1.82, 2.24) is 9.47 Å². The van der Waals surface area contributed by atoms with Gasteiger partial charge in [-0.25, -0.2) is 0 Å². The molecule has 2 heterocycles. The summed E-state index contributed by atoms with van der Waals surface area (Å²) in [6.45, 7) is 5.38. The second-order valence-corrected chi connectivity index (χ2v) is 6.51. The van der Waals surface area contributed by atoms with E-state index in [4.69, 9.17) is 0 Å². The Labute approximate surface area is 144 Å². The van der Waals surface area contributed by atoms with Crippen LogP contribution in [0.1, 0.15) is 22.4 Å². The van der Waals surface area contributed by atoms with Gasteiger partial charge in [-0.2, -0.15) is 0 Å². The molecule has 0 amide bonds. The van der Waals surface area contributed by atoms with E-state index in [1.807, 2.05) is 0 Å². The van der Waals surface area contributed by atoms with E-state index in [0.717, 1.165) is 26.1 Å². The van der Waals surface area contributed by atoms with Crippen molar-refractivity contribution in [3.8, 4) is 0 Å². The van der Waals surface area contributed by atoms with Gasteiger partial charge in [0.15, 0.2) is 0 Å². The zero-order valence-corrected chi connectivity index (χ0v) is 14.6. The average molecular weight is 327 g/mol. The third-order valence-electron chi connectivity index (χ3n) is 4.78. The van der Waals surface area contributed by atoms with Gasteiger partial charge in [-0.05, 0) is 37.2 Å². The number of fused-ring (bicyclic) bond motifs is 3. The molecule has 0 saturated heterocycles. The predicted octanol–water partition coefficient (Wildman–Crippen LogP) is 4.41. The molecule has 3 aromatic rings. The lowest BCUT2D eigenvalue weighted by Crippen LogP contribution is -2.27. The van der Waals surface area contributed by atoms with E-state index in [-0.39, 0.29) is 12.4 Å². The Balaban J connectivity index is 0.00000156. The summed E-state index contributed by atoms with van der Waals surface area (Å²) in [4.78, 5) is 2.43. The molecule has 120 valence electrons. The molecule has 4 rings (SSSR count). The summed E-state index contributed by atoms with van der Waals surface area (Å²) in [7, 11) is 2.22. The molecule has 0 atom stereocenters. The minimum absolute atomic E-state index is 0. The van der Waals surface area contributed by atoms with E-state index in [2.05, 4.69) is 72.0 Å². The molecule has 0 bridgehead atoms. The van der Waals surface area contributed by atoms with E-state index in [1.165, 1.54) is 33.3 Å². The van der Waals surface area contributed by atoms with E-state index in [1.54, 1.807) is 0 Å². The number of likely N-dealkylation sites (N-methyl/N-ethyl adjacent to an activating group) is 1. The minimum atomic E-state index is 0. The van der Waals surface area contributed by atoms with Crippen molar-refractivity contribution in [1.29, 1.82) is 0 Å². The molecule has 0 N–H and O–H groups in total. The second kappa shape index (κ2) is 6.38. The molecule has 1 aliphatic rings. The topological polar surface area (TPSA) is 8.17 Å². The fourth-order valence-corrected chi connectivity index (χ4v) is 3.65. The van der Waals surface area contributed by atoms with Crippen LogP contribution in [0.4, 0.5) is 0 Å². The number of hydrogen-bond acceptors (Lipinski definition) is 1. The van der Waals surface area contributed by atoms with Crippen LogP contribution in [0.5, 0.6) is 0 Å². The third-order valence-corrected chi connectivity index (χ3v) is 4.78. The highest BCUT2D eigenvalue weighted by atomic mass is 35.5. The van der Waals surface area contributed by atoms with Crippen molar-refractivity contribution in [3.05, 3.63) is 70.9 Å². The van der Waals surface area contributed by atoms with Gasteiger partial charge in [0.05, 0.1) is 0 Å². The summed E-state index contributed by atoms with van der Waals surface area (Å²) in [5, 5.41) is 1.44. The standard InChI is InChI=1S/C20H22N2.ClH/c1-15-8-9-19-17(12-15)18-14-21(2)11-10-20(18)22(19)13-16-6-4-3-5-7-16;/h3-9,12H,10-11,13-14H2,1-2H3;1H. The lowest BCUT2D eigenvalue weighted by atomic mass is 10.0. The molecule has 0 spiro atoms. The molecule has 3 heteroatoms. The molecule has 0 unspecified atom stereocenters. The zero-order chi connectivity index (χ0) is 15.1. The first kappa shape index (κ1) is 16.1. The largest absolute Gasteiger partial charge is 0.340 e. The Morgan fingerprint density at radius 2 is 1.83 bits per heavy atom. The fraction of sp³-hybridized carbons (Fsp3) is 0.300. The fourth-order valence-electron chi connectivity index (χ4n) is 3.65. The van der Waals surface area contributed by atoms with Crippen LogP contribution in [0.3, 0.4) is 0 Å². The van der Waals surface area contributed by atoms with E-state index >= 15 is 0 Å². The van der Waals surface area contributed by atoms with Crippen LogP contribution in [0.15, 0.2) is 48.5 Å². The van der Waals surface area contributed by atoms with Gasteiger partial charge in [-0.3, -0.25) is 0 Å². The Morgan fingerprint density at radius 3 is 2.61 bits per heavy atom. The number of aromatic nitrogens is 1. The molecule has 2 aromatic carbocycles. The molecule has 0 radical (unpaired) electrons. The van der Waals surface area contributed by atoms with Gasteiger partial charge in [0.2, 0.25) is 0 Å². The molecule has 0 aliphatic carbocycles. The number of aryl methyl sites for hydroxylation is 1. The molecule has 1 aliphatic heterocycles. The Bertz CT molecular complexity index is 821. The Kier molecular flexibility index (Phi) is 4.47. The van der Waals surface area contributed by atoms with Crippen molar-refractivity contribution < 1.29 is 0 Å². The monoisotopic (exact) mass is 326 g/mol. The summed E-state index contributed by atoms with van der Waals surface area (Å²) in [5.41, 5.74) is 7.17. The van der Waals surface area contributed by atoms with E-state index in [9.17, 15) is 0 Å². The highest BCUT2D eigenvalue weighted by Gasteiger charge is 2.22. The van der Waals surface area contributed by atoms with Crippen molar-refractivity contribution in [2.24, 2.45) is 0 Å². The molecule has 1 aromatic heterocycles. The maximum Gasteiger partial charge on any atom is 0.0489 e. The molecular weight excluding hydrogens is 304 g/mol. The quantitative estimate of drug-likeness (QED) is 0.677. The lowest BCUT2D eigenvalue weighted by molar-refractivity contribution is 0.310. The SMILES string of the molecule is Cc1ccc2c(c1)c1c(n2Cc2ccccc2)CCN(C)C1.Cl. The molecule has 0 saturated carbocycles. The van der Waals surface area contributed by atoms with Crippen LogP contribution in [-0.4, -0.2) is 23.1 Å². The summed E-state index contributed by atoms with van der Waals surface area (Å²) in [6, 6.07) is 17.7. The van der Waals surface area contributed by atoms with Crippen molar-refractivity contribution in [2.45, 2.75) is 26.4 Å². The van der Waals surface area contributed by atoms with Crippen molar-refractivity contribution in [2.75, 3.05) is 13.6 Å². The molecule has 23 heavy (non-hydrogen) atoms. The summed E-state index contributed by atoms with van der Waals surface area (Å²) >= 11 is 0. The van der Waals surface area contributed by atoms with Gasteiger partial charge >= 0.3 is 0 Å². The second-order valence-electron chi connectivity index (χ2n) is 6.51. The highest BCUT2D eigenvalue weighted by molar-refractivity contribution is 5.86. The first-order valence-corrected chi connectivity index (χ1v) is 8.05.